The normalized spacial score (nSPS) is 14.5. The van der Waals surface area contributed by atoms with Crippen LogP contribution in [0.3, 0.4) is 0 Å². The van der Waals surface area contributed by atoms with Crippen molar-refractivity contribution in [1.29, 1.82) is 0 Å². The zero-order valence-corrected chi connectivity index (χ0v) is 18.3. The molecule has 1 aliphatic heterocycles. The first-order chi connectivity index (χ1) is 14.0. The number of urea groups is 1. The fourth-order valence-electron chi connectivity index (χ4n) is 3.69. The second kappa shape index (κ2) is 7.99. The number of rotatable bonds is 3. The lowest BCUT2D eigenvalue weighted by Gasteiger charge is -2.36. The van der Waals surface area contributed by atoms with Crippen LogP contribution in [0, 0.1) is 20.8 Å². The molecule has 1 saturated heterocycles. The number of amides is 2. The molecule has 0 saturated carbocycles. The van der Waals surface area contributed by atoms with Crippen LogP contribution < -0.4 is 10.2 Å². The van der Waals surface area contributed by atoms with Gasteiger partial charge in [0, 0.05) is 43.2 Å². The molecular weight excluding hydrogens is 382 g/mol. The number of anilines is 2. The zero-order valence-electron chi connectivity index (χ0n) is 17.5. The van der Waals surface area contributed by atoms with E-state index in [0.29, 0.717) is 13.1 Å². The summed E-state index contributed by atoms with van der Waals surface area (Å²) in [7, 11) is 0. The van der Waals surface area contributed by atoms with Crippen LogP contribution in [0.4, 0.5) is 16.3 Å². The van der Waals surface area contributed by atoms with Gasteiger partial charge in [-0.15, -0.1) is 11.3 Å². The van der Waals surface area contributed by atoms with Crippen molar-refractivity contribution in [2.24, 2.45) is 0 Å². The molecule has 0 aliphatic carbocycles. The predicted octanol–water partition coefficient (Wildman–Crippen LogP) is 4.53. The molecule has 2 aromatic heterocycles. The Hall–Kier alpha value is -2.67. The summed E-state index contributed by atoms with van der Waals surface area (Å²) >= 11 is 1.74. The number of carbonyl (C=O) groups is 1. The van der Waals surface area contributed by atoms with Gasteiger partial charge in [0.05, 0.1) is 5.39 Å². The van der Waals surface area contributed by atoms with Gasteiger partial charge in [0.1, 0.15) is 16.5 Å². The van der Waals surface area contributed by atoms with Crippen LogP contribution >= 0.6 is 11.3 Å². The van der Waals surface area contributed by atoms with Gasteiger partial charge in [-0.05, 0) is 38.0 Å². The van der Waals surface area contributed by atoms with Crippen molar-refractivity contribution in [1.82, 2.24) is 14.9 Å². The lowest BCUT2D eigenvalue weighted by molar-refractivity contribution is 0.208. The minimum absolute atomic E-state index is 0.0383. The van der Waals surface area contributed by atoms with Crippen LogP contribution in [-0.4, -0.2) is 47.1 Å². The largest absolute Gasteiger partial charge is 0.352 e. The van der Waals surface area contributed by atoms with Crippen molar-refractivity contribution in [3.05, 3.63) is 46.1 Å². The maximum absolute atomic E-state index is 12.7. The van der Waals surface area contributed by atoms with Crippen LogP contribution in [0.1, 0.15) is 28.8 Å². The minimum Gasteiger partial charge on any atom is -0.352 e. The van der Waals surface area contributed by atoms with Crippen LogP contribution in [0.15, 0.2) is 24.3 Å². The van der Waals surface area contributed by atoms with Gasteiger partial charge >= 0.3 is 6.03 Å². The third-order valence-corrected chi connectivity index (χ3v) is 6.73. The average molecular weight is 410 g/mol. The number of piperazine rings is 1. The van der Waals surface area contributed by atoms with Gasteiger partial charge < -0.3 is 15.1 Å². The number of nitrogens with one attached hydrogen (secondary N) is 1. The van der Waals surface area contributed by atoms with Gasteiger partial charge in [-0.1, -0.05) is 25.1 Å². The van der Waals surface area contributed by atoms with E-state index in [-0.39, 0.29) is 6.03 Å². The summed E-state index contributed by atoms with van der Waals surface area (Å²) in [5.41, 5.74) is 3.20. The van der Waals surface area contributed by atoms with Crippen molar-refractivity contribution in [2.75, 3.05) is 36.4 Å². The fraction of sp³-hybridized carbons (Fsp3) is 0.409. The van der Waals surface area contributed by atoms with E-state index in [1.165, 1.54) is 15.8 Å². The van der Waals surface area contributed by atoms with Crippen LogP contribution in [0.2, 0.25) is 0 Å². The summed E-state index contributed by atoms with van der Waals surface area (Å²) in [6.45, 7) is 11.3. The number of hydrogen-bond donors (Lipinski definition) is 1. The maximum atomic E-state index is 12.7. The summed E-state index contributed by atoms with van der Waals surface area (Å²) < 4.78 is 0. The number of para-hydroxylation sites is 1. The van der Waals surface area contributed by atoms with E-state index in [2.05, 4.69) is 31.0 Å². The Morgan fingerprint density at radius 3 is 2.52 bits per heavy atom. The van der Waals surface area contributed by atoms with Crippen LogP contribution in [0.5, 0.6) is 0 Å². The molecule has 0 radical (unpaired) electrons. The van der Waals surface area contributed by atoms with Gasteiger partial charge in [0.25, 0.3) is 0 Å². The smallest absolute Gasteiger partial charge is 0.321 e. The molecule has 0 atom stereocenters. The lowest BCUT2D eigenvalue weighted by Crippen LogP contribution is -2.50. The van der Waals surface area contributed by atoms with E-state index in [1.54, 1.807) is 11.3 Å². The number of thiophene rings is 1. The molecule has 1 fully saturated rings. The first kappa shape index (κ1) is 19.6. The molecule has 0 spiro atoms. The lowest BCUT2D eigenvalue weighted by atomic mass is 10.2. The van der Waals surface area contributed by atoms with Gasteiger partial charge in [-0.2, -0.15) is 0 Å². The number of carbonyl (C=O) groups excluding carboxylic acids is 1. The molecule has 152 valence electrons. The highest BCUT2D eigenvalue weighted by molar-refractivity contribution is 7.18. The van der Waals surface area contributed by atoms with Crippen molar-refractivity contribution in [2.45, 2.75) is 34.1 Å². The molecule has 4 rings (SSSR count). The molecule has 1 aliphatic rings. The monoisotopic (exact) mass is 409 g/mol. The number of hydrogen-bond acceptors (Lipinski definition) is 5. The van der Waals surface area contributed by atoms with E-state index in [4.69, 9.17) is 9.97 Å². The van der Waals surface area contributed by atoms with Crippen LogP contribution in [-0.2, 0) is 6.42 Å². The average Bonchev–Trinajstić information content (AvgIpc) is 3.02. The molecule has 0 bridgehead atoms. The highest BCUT2D eigenvalue weighted by atomic mass is 32.1. The molecule has 0 unspecified atom stereocenters. The van der Waals surface area contributed by atoms with Crippen LogP contribution in [0.25, 0.3) is 10.2 Å². The van der Waals surface area contributed by atoms with Gasteiger partial charge in [0.15, 0.2) is 0 Å². The van der Waals surface area contributed by atoms with Gasteiger partial charge in [-0.3, -0.25) is 0 Å². The van der Waals surface area contributed by atoms with Crippen molar-refractivity contribution in [3.8, 4) is 0 Å². The Labute approximate surface area is 175 Å². The van der Waals surface area contributed by atoms with Crippen molar-refractivity contribution >= 4 is 39.1 Å². The second-order valence-corrected chi connectivity index (χ2v) is 8.70. The summed E-state index contributed by atoms with van der Waals surface area (Å²) in [5, 5.41) is 4.21. The SMILES string of the molecule is CCc1nc(N2CCN(C(=O)Nc3ccccc3C)CC2)c2c(C)c(C)sc2n1. The van der Waals surface area contributed by atoms with E-state index in [9.17, 15) is 4.79 Å². The molecule has 3 aromatic rings. The highest BCUT2D eigenvalue weighted by Gasteiger charge is 2.25. The number of aromatic nitrogens is 2. The Balaban J connectivity index is 1.51. The topological polar surface area (TPSA) is 61.4 Å². The molecule has 2 amide bonds. The molecule has 6 nitrogen and oxygen atoms in total. The second-order valence-electron chi connectivity index (χ2n) is 7.50. The Bertz CT molecular complexity index is 1050. The van der Waals surface area contributed by atoms with Gasteiger partial charge in [-0.25, -0.2) is 14.8 Å². The molecular formula is C22H27N5OS. The molecule has 1 N–H and O–H groups in total. The Kier molecular flexibility index (Phi) is 5.41. The first-order valence-corrected chi connectivity index (χ1v) is 10.9. The van der Waals surface area contributed by atoms with E-state index in [1.807, 2.05) is 36.1 Å². The number of fused-ring (bicyclic) bond motifs is 1. The van der Waals surface area contributed by atoms with Crippen molar-refractivity contribution in [3.63, 3.8) is 0 Å². The quantitative estimate of drug-likeness (QED) is 0.690. The summed E-state index contributed by atoms with van der Waals surface area (Å²) in [6.07, 6.45) is 0.817. The standard InChI is InChI=1S/C22H27N5OS/c1-5-18-24-20(19-15(3)16(4)29-21(19)25-18)26-10-12-27(13-11-26)22(28)23-17-9-7-6-8-14(17)2/h6-9H,5,10-13H2,1-4H3,(H,23,28). The first-order valence-electron chi connectivity index (χ1n) is 10.1. The Morgan fingerprint density at radius 1 is 1.10 bits per heavy atom. The van der Waals surface area contributed by atoms with Gasteiger partial charge in [0.2, 0.25) is 0 Å². The summed E-state index contributed by atoms with van der Waals surface area (Å²) in [4.78, 5) is 28.9. The fourth-order valence-corrected chi connectivity index (χ4v) is 4.73. The number of aryl methyl sites for hydroxylation is 4. The van der Waals surface area contributed by atoms with E-state index < -0.39 is 0 Å². The van der Waals surface area contributed by atoms with E-state index in [0.717, 1.165) is 47.2 Å². The molecule has 1 aromatic carbocycles. The summed E-state index contributed by atoms with van der Waals surface area (Å²) in [5.74, 6) is 1.90. The van der Waals surface area contributed by atoms with Crippen molar-refractivity contribution < 1.29 is 4.79 Å². The number of nitrogens with zero attached hydrogens (tertiary/aromatic N) is 4. The van der Waals surface area contributed by atoms with E-state index >= 15 is 0 Å². The zero-order chi connectivity index (χ0) is 20.5. The maximum Gasteiger partial charge on any atom is 0.321 e. The number of benzene rings is 1. The third-order valence-electron chi connectivity index (χ3n) is 5.63. The highest BCUT2D eigenvalue weighted by Crippen LogP contribution is 2.35. The molecule has 29 heavy (non-hydrogen) atoms. The summed E-state index contributed by atoms with van der Waals surface area (Å²) in [6, 6.07) is 7.82. The Morgan fingerprint density at radius 2 is 1.83 bits per heavy atom. The minimum atomic E-state index is -0.0383. The predicted molar refractivity (Wildman–Crippen MR) is 120 cm³/mol. The molecule has 3 heterocycles. The molecule has 7 heteroatoms. The third kappa shape index (κ3) is 3.79.